The van der Waals surface area contributed by atoms with Crippen molar-refractivity contribution in [2.45, 2.75) is 20.3 Å². The third-order valence-corrected chi connectivity index (χ3v) is 1.13. The maximum atomic E-state index is 11.0. The van der Waals surface area contributed by atoms with Crippen LogP contribution in [0.2, 0.25) is 0 Å². The molecule has 2 heteroatoms. The molecular weight excluding hydrogens is 126 g/mol. The van der Waals surface area contributed by atoms with E-state index in [1.165, 1.54) is 0 Å². The first kappa shape index (κ1) is 9.63. The molecule has 60 valence electrons. The summed E-state index contributed by atoms with van der Waals surface area (Å²) in [6.45, 7) is 4.71. The summed E-state index contributed by atoms with van der Waals surface area (Å²) < 4.78 is 0. The highest BCUT2D eigenvalue weighted by molar-refractivity contribution is 5.80. The van der Waals surface area contributed by atoms with Crippen LogP contribution in [0.15, 0.2) is 0 Å². The standard InChI is InChI=1S/C8H17NO/c1-7(2)5-8(10)6-9(3)4/h7H,5-6H2,1-4H3. The van der Waals surface area contributed by atoms with Gasteiger partial charge in [-0.3, -0.25) is 4.79 Å². The van der Waals surface area contributed by atoms with E-state index in [0.717, 1.165) is 0 Å². The Hall–Kier alpha value is -0.370. The van der Waals surface area contributed by atoms with Gasteiger partial charge in [0.2, 0.25) is 0 Å². The zero-order chi connectivity index (χ0) is 8.15. The summed E-state index contributed by atoms with van der Waals surface area (Å²) in [7, 11) is 3.83. The molecular formula is C8H17NO. The van der Waals surface area contributed by atoms with Crippen LogP contribution in [0.1, 0.15) is 20.3 Å². The molecule has 0 aromatic rings. The zero-order valence-electron chi connectivity index (χ0n) is 7.35. The van der Waals surface area contributed by atoms with E-state index < -0.39 is 0 Å². The fourth-order valence-electron chi connectivity index (χ4n) is 0.873. The van der Waals surface area contributed by atoms with Crippen molar-refractivity contribution in [3.63, 3.8) is 0 Å². The Balaban J connectivity index is 3.44. The van der Waals surface area contributed by atoms with Crippen LogP contribution < -0.4 is 0 Å². The van der Waals surface area contributed by atoms with Gasteiger partial charge in [0.05, 0.1) is 6.54 Å². The number of ketones is 1. The van der Waals surface area contributed by atoms with Gasteiger partial charge >= 0.3 is 0 Å². The molecule has 0 aliphatic carbocycles. The van der Waals surface area contributed by atoms with E-state index >= 15 is 0 Å². The largest absolute Gasteiger partial charge is 0.302 e. The number of nitrogens with zero attached hydrogens (tertiary/aromatic N) is 1. The molecule has 0 unspecified atom stereocenters. The third-order valence-electron chi connectivity index (χ3n) is 1.13. The molecule has 0 radical (unpaired) electrons. The Bertz CT molecular complexity index is 95.8. The number of hydrogen-bond acceptors (Lipinski definition) is 2. The molecule has 0 atom stereocenters. The summed E-state index contributed by atoms with van der Waals surface area (Å²) in [6, 6.07) is 0. The first-order chi connectivity index (χ1) is 4.52. The van der Waals surface area contributed by atoms with Gasteiger partial charge in [-0.05, 0) is 20.0 Å². The number of Topliss-reactive ketones (excluding diaryl/α,β-unsaturated/α-hetero) is 1. The highest BCUT2D eigenvalue weighted by Gasteiger charge is 2.04. The van der Waals surface area contributed by atoms with Crippen LogP contribution in [0.4, 0.5) is 0 Å². The van der Waals surface area contributed by atoms with Gasteiger partial charge in [0, 0.05) is 6.42 Å². The zero-order valence-corrected chi connectivity index (χ0v) is 7.35. The van der Waals surface area contributed by atoms with Gasteiger partial charge in [-0.1, -0.05) is 13.8 Å². The second kappa shape index (κ2) is 4.45. The number of rotatable bonds is 4. The van der Waals surface area contributed by atoms with Gasteiger partial charge < -0.3 is 4.90 Å². The highest BCUT2D eigenvalue weighted by Crippen LogP contribution is 1.99. The third kappa shape index (κ3) is 5.76. The Labute approximate surface area is 63.2 Å². The van der Waals surface area contributed by atoms with Crippen LogP contribution in [-0.4, -0.2) is 31.3 Å². The molecule has 0 heterocycles. The minimum absolute atomic E-state index is 0.333. The quantitative estimate of drug-likeness (QED) is 0.588. The predicted octanol–water partition coefficient (Wildman–Crippen LogP) is 1.16. The Morgan fingerprint density at radius 2 is 1.90 bits per heavy atom. The van der Waals surface area contributed by atoms with Crippen molar-refractivity contribution in [1.82, 2.24) is 4.90 Å². The molecule has 2 nitrogen and oxygen atoms in total. The van der Waals surface area contributed by atoms with Crippen LogP contribution in [0.25, 0.3) is 0 Å². The average Bonchev–Trinajstić information content (AvgIpc) is 1.58. The van der Waals surface area contributed by atoms with E-state index in [0.29, 0.717) is 24.7 Å². The fourth-order valence-corrected chi connectivity index (χ4v) is 0.873. The number of likely N-dealkylation sites (N-methyl/N-ethyl adjacent to an activating group) is 1. The minimum atomic E-state index is 0.333. The fraction of sp³-hybridized carbons (Fsp3) is 0.875. The van der Waals surface area contributed by atoms with Crippen molar-refractivity contribution in [3.8, 4) is 0 Å². The highest BCUT2D eigenvalue weighted by atomic mass is 16.1. The lowest BCUT2D eigenvalue weighted by molar-refractivity contribution is -0.120. The first-order valence-corrected chi connectivity index (χ1v) is 3.68. The lowest BCUT2D eigenvalue weighted by atomic mass is 10.1. The maximum Gasteiger partial charge on any atom is 0.147 e. The van der Waals surface area contributed by atoms with E-state index in [2.05, 4.69) is 13.8 Å². The molecule has 0 aromatic carbocycles. The van der Waals surface area contributed by atoms with Crippen molar-refractivity contribution < 1.29 is 4.79 Å². The van der Waals surface area contributed by atoms with E-state index in [-0.39, 0.29) is 0 Å². The van der Waals surface area contributed by atoms with Crippen LogP contribution in [0.3, 0.4) is 0 Å². The van der Waals surface area contributed by atoms with Crippen molar-refractivity contribution >= 4 is 5.78 Å². The summed E-state index contributed by atoms with van der Waals surface area (Å²) in [5.41, 5.74) is 0. The van der Waals surface area contributed by atoms with Crippen LogP contribution in [0.5, 0.6) is 0 Å². The predicted molar refractivity (Wildman–Crippen MR) is 43.0 cm³/mol. The smallest absolute Gasteiger partial charge is 0.147 e. The van der Waals surface area contributed by atoms with Crippen molar-refractivity contribution in [3.05, 3.63) is 0 Å². The molecule has 0 saturated carbocycles. The molecule has 0 saturated heterocycles. The van der Waals surface area contributed by atoms with Gasteiger partial charge in [-0.25, -0.2) is 0 Å². The molecule has 0 fully saturated rings. The Morgan fingerprint density at radius 3 is 2.20 bits per heavy atom. The van der Waals surface area contributed by atoms with Crippen LogP contribution in [-0.2, 0) is 4.79 Å². The summed E-state index contributed by atoms with van der Waals surface area (Å²) in [6.07, 6.45) is 0.707. The summed E-state index contributed by atoms with van der Waals surface area (Å²) in [5.74, 6) is 0.826. The average molecular weight is 143 g/mol. The van der Waals surface area contributed by atoms with Gasteiger partial charge in [0.1, 0.15) is 5.78 Å². The van der Waals surface area contributed by atoms with Gasteiger partial charge in [-0.15, -0.1) is 0 Å². The lowest BCUT2D eigenvalue weighted by Crippen LogP contribution is -2.22. The molecule has 0 aliphatic rings. The number of carbonyl (C=O) groups excluding carboxylic acids is 1. The molecule has 10 heavy (non-hydrogen) atoms. The molecule has 0 amide bonds. The monoisotopic (exact) mass is 143 g/mol. The SMILES string of the molecule is CC(C)CC(=O)CN(C)C. The van der Waals surface area contributed by atoms with E-state index in [4.69, 9.17) is 0 Å². The molecule has 0 N–H and O–H groups in total. The maximum absolute atomic E-state index is 11.0. The van der Waals surface area contributed by atoms with Crippen molar-refractivity contribution in [2.24, 2.45) is 5.92 Å². The topological polar surface area (TPSA) is 20.3 Å². The molecule has 0 aliphatic heterocycles. The van der Waals surface area contributed by atoms with Crippen LogP contribution >= 0.6 is 0 Å². The van der Waals surface area contributed by atoms with Crippen molar-refractivity contribution in [1.29, 1.82) is 0 Å². The molecule has 0 bridgehead atoms. The van der Waals surface area contributed by atoms with Gasteiger partial charge in [-0.2, -0.15) is 0 Å². The summed E-state index contributed by atoms with van der Waals surface area (Å²) >= 11 is 0. The van der Waals surface area contributed by atoms with Crippen molar-refractivity contribution in [2.75, 3.05) is 20.6 Å². The Morgan fingerprint density at radius 1 is 1.40 bits per heavy atom. The lowest BCUT2D eigenvalue weighted by Gasteiger charge is -2.08. The normalized spacial score (nSPS) is 11.0. The Kier molecular flexibility index (Phi) is 4.28. The molecule has 0 rings (SSSR count). The second-order valence-corrected chi connectivity index (χ2v) is 3.37. The van der Waals surface area contributed by atoms with E-state index in [1.807, 2.05) is 19.0 Å². The van der Waals surface area contributed by atoms with Crippen LogP contribution in [0, 0.1) is 5.92 Å². The van der Waals surface area contributed by atoms with Gasteiger partial charge in [0.15, 0.2) is 0 Å². The van der Waals surface area contributed by atoms with E-state index in [9.17, 15) is 4.79 Å². The van der Waals surface area contributed by atoms with Gasteiger partial charge in [0.25, 0.3) is 0 Å². The first-order valence-electron chi connectivity index (χ1n) is 3.68. The minimum Gasteiger partial charge on any atom is -0.302 e. The summed E-state index contributed by atoms with van der Waals surface area (Å²) in [4.78, 5) is 12.9. The number of hydrogen-bond donors (Lipinski definition) is 0. The summed E-state index contributed by atoms with van der Waals surface area (Å²) in [5, 5.41) is 0. The van der Waals surface area contributed by atoms with E-state index in [1.54, 1.807) is 0 Å². The molecule has 0 aromatic heterocycles. The molecule has 0 spiro atoms. The second-order valence-electron chi connectivity index (χ2n) is 3.37. The number of carbonyl (C=O) groups is 1.